The number of aliphatic imine (C=N–C) groups is 1. The second-order valence-electron chi connectivity index (χ2n) is 3.24. The minimum absolute atomic E-state index is 0.662. The van der Waals surface area contributed by atoms with E-state index in [1.165, 1.54) is 24.1 Å². The molecule has 0 aromatic rings. The molecule has 0 aromatic carbocycles. The molecule has 0 atom stereocenters. The zero-order valence-electron chi connectivity index (χ0n) is 7.72. The first-order chi connectivity index (χ1) is 5.24. The average Bonchev–Trinajstić information content (AvgIpc) is 2.72. The Labute approximate surface area is 69.2 Å². The van der Waals surface area contributed by atoms with Crippen LogP contribution in [0.3, 0.4) is 0 Å². The van der Waals surface area contributed by atoms with E-state index >= 15 is 0 Å². The Morgan fingerprint density at radius 2 is 2.09 bits per heavy atom. The van der Waals surface area contributed by atoms with Crippen molar-refractivity contribution in [2.45, 2.75) is 46.1 Å². The second kappa shape index (κ2) is 3.70. The van der Waals surface area contributed by atoms with Gasteiger partial charge in [-0.15, -0.1) is 0 Å². The lowest BCUT2D eigenvalue weighted by molar-refractivity contribution is 1.06. The smallest absolute Gasteiger partial charge is 0.0504 e. The van der Waals surface area contributed by atoms with Crippen molar-refractivity contribution in [3.63, 3.8) is 0 Å². The van der Waals surface area contributed by atoms with E-state index in [0.29, 0.717) is 6.04 Å². The van der Waals surface area contributed by atoms with E-state index in [2.05, 4.69) is 31.8 Å². The molecule has 0 radical (unpaired) electrons. The zero-order valence-corrected chi connectivity index (χ0v) is 7.72. The van der Waals surface area contributed by atoms with Crippen LogP contribution in [0.4, 0.5) is 0 Å². The summed E-state index contributed by atoms with van der Waals surface area (Å²) in [5.41, 5.74) is 2.58. The van der Waals surface area contributed by atoms with Crippen LogP contribution >= 0.6 is 0 Å². The van der Waals surface area contributed by atoms with E-state index < -0.39 is 0 Å². The van der Waals surface area contributed by atoms with Gasteiger partial charge in [-0.25, -0.2) is 0 Å². The third-order valence-electron chi connectivity index (χ3n) is 2.00. The molecule has 1 fully saturated rings. The third kappa shape index (κ3) is 2.87. The molecule has 0 bridgehead atoms. The van der Waals surface area contributed by atoms with Gasteiger partial charge in [0.15, 0.2) is 0 Å². The van der Waals surface area contributed by atoms with Crippen LogP contribution in [0.1, 0.15) is 40.0 Å². The van der Waals surface area contributed by atoms with Crippen molar-refractivity contribution < 1.29 is 0 Å². The fourth-order valence-electron chi connectivity index (χ4n) is 1.03. The highest BCUT2D eigenvalue weighted by Crippen LogP contribution is 2.24. The predicted molar refractivity (Wildman–Crippen MR) is 50.2 cm³/mol. The summed E-state index contributed by atoms with van der Waals surface area (Å²) < 4.78 is 0. The Morgan fingerprint density at radius 3 is 2.55 bits per heavy atom. The van der Waals surface area contributed by atoms with Crippen molar-refractivity contribution in [1.29, 1.82) is 0 Å². The molecule has 0 heterocycles. The summed E-state index contributed by atoms with van der Waals surface area (Å²) in [6.45, 7) is 6.42. The molecule has 0 aliphatic heterocycles. The first-order valence-corrected chi connectivity index (χ1v) is 4.45. The number of hydrogen-bond donors (Lipinski definition) is 0. The number of rotatable bonds is 3. The van der Waals surface area contributed by atoms with Gasteiger partial charge in [0.1, 0.15) is 0 Å². The Bertz CT molecular complexity index is 185. The monoisotopic (exact) mass is 151 g/mol. The van der Waals surface area contributed by atoms with E-state index in [4.69, 9.17) is 0 Å². The van der Waals surface area contributed by atoms with Gasteiger partial charge in [-0.05, 0) is 38.7 Å². The molecule has 0 N–H and O–H groups in total. The molecular weight excluding hydrogens is 134 g/mol. The second-order valence-corrected chi connectivity index (χ2v) is 3.24. The van der Waals surface area contributed by atoms with Gasteiger partial charge < -0.3 is 0 Å². The van der Waals surface area contributed by atoms with Crippen LogP contribution in [-0.4, -0.2) is 11.8 Å². The fraction of sp³-hybridized carbons (Fsp3) is 0.700. The van der Waals surface area contributed by atoms with Gasteiger partial charge in [0.25, 0.3) is 0 Å². The molecule has 0 saturated heterocycles. The zero-order chi connectivity index (χ0) is 8.27. The van der Waals surface area contributed by atoms with Crippen LogP contribution in [0.25, 0.3) is 0 Å². The molecule has 0 aromatic heterocycles. The summed E-state index contributed by atoms with van der Waals surface area (Å²) in [7, 11) is 0. The van der Waals surface area contributed by atoms with Crippen LogP contribution in [0.2, 0.25) is 0 Å². The summed E-state index contributed by atoms with van der Waals surface area (Å²) >= 11 is 0. The molecule has 0 spiro atoms. The van der Waals surface area contributed by atoms with E-state index in [1.807, 2.05) is 0 Å². The van der Waals surface area contributed by atoms with Crippen molar-refractivity contribution in [3.8, 4) is 0 Å². The summed E-state index contributed by atoms with van der Waals surface area (Å²) in [6.07, 6.45) is 5.96. The maximum Gasteiger partial charge on any atom is 0.0504 e. The number of hydrogen-bond acceptors (Lipinski definition) is 1. The van der Waals surface area contributed by atoms with Gasteiger partial charge in [0.2, 0.25) is 0 Å². The normalized spacial score (nSPS) is 20.6. The van der Waals surface area contributed by atoms with E-state index in [9.17, 15) is 0 Å². The highest BCUT2D eigenvalue weighted by Gasteiger charge is 2.19. The largest absolute Gasteiger partial charge is 0.286 e. The molecule has 0 amide bonds. The molecule has 0 unspecified atom stereocenters. The summed E-state index contributed by atoms with van der Waals surface area (Å²) in [5.74, 6) is 0. The summed E-state index contributed by atoms with van der Waals surface area (Å²) in [4.78, 5) is 4.56. The summed E-state index contributed by atoms with van der Waals surface area (Å²) in [5, 5.41) is 0. The average molecular weight is 151 g/mol. The van der Waals surface area contributed by atoms with E-state index in [0.717, 1.165) is 6.42 Å². The third-order valence-corrected chi connectivity index (χ3v) is 2.00. The van der Waals surface area contributed by atoms with Gasteiger partial charge in [-0.3, -0.25) is 4.99 Å². The molecule has 1 heteroatoms. The van der Waals surface area contributed by atoms with Crippen molar-refractivity contribution in [2.24, 2.45) is 4.99 Å². The molecule has 1 nitrogen and oxygen atoms in total. The van der Waals surface area contributed by atoms with Gasteiger partial charge in [-0.1, -0.05) is 13.0 Å². The van der Waals surface area contributed by atoms with Crippen molar-refractivity contribution in [2.75, 3.05) is 0 Å². The lowest BCUT2D eigenvalue weighted by atomic mass is 10.2. The Kier molecular flexibility index (Phi) is 2.86. The Balaban J connectivity index is 2.50. The Morgan fingerprint density at radius 1 is 1.45 bits per heavy atom. The number of nitrogens with zero attached hydrogens (tertiary/aromatic N) is 1. The lowest BCUT2D eigenvalue weighted by Crippen LogP contribution is -1.95. The molecule has 62 valence electrons. The van der Waals surface area contributed by atoms with E-state index in [1.54, 1.807) is 0 Å². The molecule has 1 rings (SSSR count). The van der Waals surface area contributed by atoms with Crippen molar-refractivity contribution in [1.82, 2.24) is 0 Å². The standard InChI is InChI=1S/C10H17N/c1-4-5-8(2)9(3)11-10-6-7-10/h5,10H,4,6-7H2,1-3H3/b8-5+,11-9?. The first kappa shape index (κ1) is 8.51. The van der Waals surface area contributed by atoms with Crippen LogP contribution in [-0.2, 0) is 0 Å². The highest BCUT2D eigenvalue weighted by molar-refractivity contribution is 5.97. The maximum atomic E-state index is 4.56. The van der Waals surface area contributed by atoms with Crippen LogP contribution in [0.15, 0.2) is 16.6 Å². The lowest BCUT2D eigenvalue weighted by Gasteiger charge is -1.98. The quantitative estimate of drug-likeness (QED) is 0.550. The minimum atomic E-state index is 0.662. The molecule has 1 aliphatic carbocycles. The first-order valence-electron chi connectivity index (χ1n) is 4.45. The molecule has 1 aliphatic rings. The van der Waals surface area contributed by atoms with Gasteiger partial charge in [0, 0.05) is 5.71 Å². The van der Waals surface area contributed by atoms with Gasteiger partial charge in [0.05, 0.1) is 6.04 Å². The van der Waals surface area contributed by atoms with Crippen LogP contribution in [0.5, 0.6) is 0 Å². The number of allylic oxidation sites excluding steroid dienone is 2. The SMILES string of the molecule is CC/C=C(\C)C(C)=NC1CC1. The van der Waals surface area contributed by atoms with Gasteiger partial charge >= 0.3 is 0 Å². The van der Waals surface area contributed by atoms with Gasteiger partial charge in [-0.2, -0.15) is 0 Å². The van der Waals surface area contributed by atoms with E-state index in [-0.39, 0.29) is 0 Å². The summed E-state index contributed by atoms with van der Waals surface area (Å²) in [6, 6.07) is 0.662. The predicted octanol–water partition coefficient (Wildman–Crippen LogP) is 2.97. The minimum Gasteiger partial charge on any atom is -0.286 e. The maximum absolute atomic E-state index is 4.56. The van der Waals surface area contributed by atoms with Crippen LogP contribution < -0.4 is 0 Å². The molecular formula is C10H17N. The molecule has 1 saturated carbocycles. The van der Waals surface area contributed by atoms with Crippen molar-refractivity contribution >= 4 is 5.71 Å². The highest BCUT2D eigenvalue weighted by atomic mass is 14.8. The Hall–Kier alpha value is -0.590. The van der Waals surface area contributed by atoms with Crippen molar-refractivity contribution in [3.05, 3.63) is 11.6 Å². The fourth-order valence-corrected chi connectivity index (χ4v) is 1.03. The van der Waals surface area contributed by atoms with Crippen LogP contribution in [0, 0.1) is 0 Å². The topological polar surface area (TPSA) is 12.4 Å². The molecule has 11 heavy (non-hydrogen) atoms.